The van der Waals surface area contributed by atoms with E-state index in [2.05, 4.69) is 15.3 Å². The second-order valence-electron chi connectivity index (χ2n) is 3.69. The van der Waals surface area contributed by atoms with E-state index in [9.17, 15) is 10.1 Å². The Morgan fingerprint density at radius 2 is 2.12 bits per heavy atom. The molecule has 0 saturated heterocycles. The molecule has 0 amide bonds. The first-order valence-corrected chi connectivity index (χ1v) is 5.84. The molecule has 0 fully saturated rings. The van der Waals surface area contributed by atoms with Crippen LogP contribution >= 0.6 is 11.6 Å². The summed E-state index contributed by atoms with van der Waals surface area (Å²) in [6, 6.07) is 0.0874. The van der Waals surface area contributed by atoms with Crippen molar-refractivity contribution in [3.05, 3.63) is 21.1 Å². The first kappa shape index (κ1) is 13.6. The zero-order valence-corrected chi connectivity index (χ0v) is 10.8. The topological polar surface area (TPSA) is 81.0 Å². The van der Waals surface area contributed by atoms with E-state index in [4.69, 9.17) is 11.6 Å². The average molecular weight is 259 g/mol. The molecule has 0 radical (unpaired) electrons. The zero-order valence-electron chi connectivity index (χ0n) is 10.0. The van der Waals surface area contributed by atoms with E-state index in [0.29, 0.717) is 12.2 Å². The Kier molecular flexibility index (Phi) is 4.62. The third-order valence-corrected chi connectivity index (χ3v) is 2.65. The van der Waals surface area contributed by atoms with Crippen LogP contribution in [0.4, 0.5) is 11.5 Å². The summed E-state index contributed by atoms with van der Waals surface area (Å²) in [7, 11) is 0. The molecule has 1 N–H and O–H groups in total. The standard InChI is InChI=1S/C10H15ClN4O2/c1-4-6(3)12-10-8(15(16)17)9(11)13-7(5-2)14-10/h6H,4-5H2,1-3H3,(H,12,13,14). The maximum atomic E-state index is 10.9. The molecule has 17 heavy (non-hydrogen) atoms. The second-order valence-corrected chi connectivity index (χ2v) is 4.05. The molecular weight excluding hydrogens is 244 g/mol. The molecule has 0 spiro atoms. The van der Waals surface area contributed by atoms with Gasteiger partial charge in [0.2, 0.25) is 11.0 Å². The molecule has 0 saturated carbocycles. The van der Waals surface area contributed by atoms with E-state index in [-0.39, 0.29) is 22.7 Å². The van der Waals surface area contributed by atoms with Crippen molar-refractivity contribution in [2.45, 2.75) is 39.7 Å². The minimum Gasteiger partial charge on any atom is -0.362 e. The van der Waals surface area contributed by atoms with Crippen LogP contribution in [0, 0.1) is 10.1 Å². The maximum Gasteiger partial charge on any atom is 0.348 e. The fourth-order valence-electron chi connectivity index (χ4n) is 1.23. The van der Waals surface area contributed by atoms with Crippen LogP contribution < -0.4 is 5.32 Å². The van der Waals surface area contributed by atoms with Crippen molar-refractivity contribution in [1.29, 1.82) is 0 Å². The lowest BCUT2D eigenvalue weighted by atomic mass is 10.2. The predicted octanol–water partition coefficient (Wildman–Crippen LogP) is 2.81. The van der Waals surface area contributed by atoms with Crippen molar-refractivity contribution in [2.24, 2.45) is 0 Å². The number of anilines is 1. The van der Waals surface area contributed by atoms with Crippen molar-refractivity contribution in [3.8, 4) is 0 Å². The Balaban J connectivity index is 3.22. The van der Waals surface area contributed by atoms with Gasteiger partial charge >= 0.3 is 5.69 Å². The van der Waals surface area contributed by atoms with Crippen molar-refractivity contribution < 1.29 is 4.92 Å². The molecule has 6 nitrogen and oxygen atoms in total. The van der Waals surface area contributed by atoms with Crippen molar-refractivity contribution in [3.63, 3.8) is 0 Å². The fourth-order valence-corrected chi connectivity index (χ4v) is 1.48. The lowest BCUT2D eigenvalue weighted by molar-refractivity contribution is -0.384. The number of nitrogens with one attached hydrogen (secondary N) is 1. The number of halogens is 1. The highest BCUT2D eigenvalue weighted by atomic mass is 35.5. The number of aromatic nitrogens is 2. The summed E-state index contributed by atoms with van der Waals surface area (Å²) < 4.78 is 0. The van der Waals surface area contributed by atoms with Crippen LogP contribution in [0.15, 0.2) is 0 Å². The van der Waals surface area contributed by atoms with E-state index in [1.807, 2.05) is 20.8 Å². The van der Waals surface area contributed by atoms with Crippen LogP contribution in [0.1, 0.15) is 33.0 Å². The van der Waals surface area contributed by atoms with Gasteiger partial charge in [0, 0.05) is 12.5 Å². The average Bonchev–Trinajstić information content (AvgIpc) is 2.27. The van der Waals surface area contributed by atoms with Gasteiger partial charge in [-0.15, -0.1) is 0 Å². The summed E-state index contributed by atoms with van der Waals surface area (Å²) in [5, 5.41) is 13.8. The summed E-state index contributed by atoms with van der Waals surface area (Å²) in [5.41, 5.74) is -0.260. The van der Waals surface area contributed by atoms with Crippen LogP contribution in [0.3, 0.4) is 0 Å². The van der Waals surface area contributed by atoms with E-state index in [0.717, 1.165) is 6.42 Å². The van der Waals surface area contributed by atoms with Gasteiger partial charge in [-0.25, -0.2) is 9.97 Å². The summed E-state index contributed by atoms with van der Waals surface area (Å²) in [6.07, 6.45) is 1.41. The SMILES string of the molecule is CCc1nc(Cl)c([N+](=O)[O-])c(NC(C)CC)n1. The molecule has 0 aliphatic carbocycles. The van der Waals surface area contributed by atoms with E-state index in [1.165, 1.54) is 0 Å². The predicted molar refractivity (Wildman–Crippen MR) is 66.5 cm³/mol. The normalized spacial score (nSPS) is 12.2. The largest absolute Gasteiger partial charge is 0.362 e. The Bertz CT molecular complexity index is 425. The molecule has 0 aliphatic heterocycles. The van der Waals surface area contributed by atoms with E-state index in [1.54, 1.807) is 0 Å². The van der Waals surface area contributed by atoms with Crippen LogP contribution in [0.2, 0.25) is 5.15 Å². The summed E-state index contributed by atoms with van der Waals surface area (Å²) >= 11 is 5.80. The summed E-state index contributed by atoms with van der Waals surface area (Å²) in [4.78, 5) is 18.3. The van der Waals surface area contributed by atoms with Gasteiger partial charge in [-0.2, -0.15) is 0 Å². The molecule has 1 unspecified atom stereocenters. The molecule has 1 heterocycles. The van der Waals surface area contributed by atoms with Gasteiger partial charge in [0.25, 0.3) is 0 Å². The maximum absolute atomic E-state index is 10.9. The molecule has 94 valence electrons. The minimum absolute atomic E-state index is 0.0874. The van der Waals surface area contributed by atoms with Gasteiger partial charge in [0.15, 0.2) is 0 Å². The van der Waals surface area contributed by atoms with Gasteiger partial charge in [0.05, 0.1) is 4.92 Å². The summed E-state index contributed by atoms with van der Waals surface area (Å²) in [6.45, 7) is 5.77. The lowest BCUT2D eigenvalue weighted by Crippen LogP contribution is -2.17. The van der Waals surface area contributed by atoms with Gasteiger partial charge in [0.1, 0.15) is 5.82 Å². The highest BCUT2D eigenvalue weighted by molar-refractivity contribution is 6.31. The second kappa shape index (κ2) is 5.77. The Hall–Kier alpha value is -1.43. The molecular formula is C10H15ClN4O2. The Morgan fingerprint density at radius 3 is 2.59 bits per heavy atom. The first-order chi connectivity index (χ1) is 7.99. The van der Waals surface area contributed by atoms with Gasteiger partial charge < -0.3 is 5.32 Å². The monoisotopic (exact) mass is 258 g/mol. The van der Waals surface area contributed by atoms with Gasteiger partial charge in [-0.05, 0) is 13.3 Å². The smallest absolute Gasteiger partial charge is 0.348 e. The molecule has 0 aliphatic rings. The zero-order chi connectivity index (χ0) is 13.0. The lowest BCUT2D eigenvalue weighted by Gasteiger charge is -2.13. The minimum atomic E-state index is -0.563. The van der Waals surface area contributed by atoms with Crippen molar-refractivity contribution in [2.75, 3.05) is 5.32 Å². The molecule has 1 aromatic rings. The van der Waals surface area contributed by atoms with Gasteiger partial charge in [-0.1, -0.05) is 25.4 Å². The summed E-state index contributed by atoms with van der Waals surface area (Å²) in [5.74, 6) is 0.688. The fraction of sp³-hybridized carbons (Fsp3) is 0.600. The number of nitro groups is 1. The number of rotatable bonds is 5. The van der Waals surface area contributed by atoms with Gasteiger partial charge in [-0.3, -0.25) is 10.1 Å². The van der Waals surface area contributed by atoms with Crippen LogP contribution in [-0.2, 0) is 6.42 Å². The van der Waals surface area contributed by atoms with E-state index >= 15 is 0 Å². The number of hydrogen-bond acceptors (Lipinski definition) is 5. The van der Waals surface area contributed by atoms with Crippen LogP contribution in [0.5, 0.6) is 0 Å². The van der Waals surface area contributed by atoms with Crippen LogP contribution in [-0.4, -0.2) is 20.9 Å². The van der Waals surface area contributed by atoms with Crippen molar-refractivity contribution in [1.82, 2.24) is 9.97 Å². The van der Waals surface area contributed by atoms with Crippen molar-refractivity contribution >= 4 is 23.1 Å². The Labute approximate surface area is 105 Å². The first-order valence-electron chi connectivity index (χ1n) is 5.46. The third kappa shape index (κ3) is 3.26. The molecule has 1 rings (SSSR count). The highest BCUT2D eigenvalue weighted by Gasteiger charge is 2.23. The number of hydrogen-bond donors (Lipinski definition) is 1. The number of aryl methyl sites for hydroxylation is 1. The van der Waals surface area contributed by atoms with Crippen LogP contribution in [0.25, 0.3) is 0 Å². The quantitative estimate of drug-likeness (QED) is 0.499. The molecule has 1 aromatic heterocycles. The molecule has 0 bridgehead atoms. The highest BCUT2D eigenvalue weighted by Crippen LogP contribution is 2.30. The number of nitrogens with zero attached hydrogens (tertiary/aromatic N) is 3. The van der Waals surface area contributed by atoms with E-state index < -0.39 is 4.92 Å². The Morgan fingerprint density at radius 1 is 1.47 bits per heavy atom. The molecule has 7 heteroatoms. The molecule has 1 atom stereocenters. The molecule has 0 aromatic carbocycles. The third-order valence-electron chi connectivity index (χ3n) is 2.38.